The Labute approximate surface area is 130 Å². The van der Waals surface area contributed by atoms with Crippen LogP contribution >= 0.6 is 0 Å². The number of hydrogen-bond acceptors (Lipinski definition) is 1. The number of allylic oxidation sites excluding steroid dienone is 1. The second-order valence-electron chi connectivity index (χ2n) is 6.28. The van der Waals surface area contributed by atoms with Gasteiger partial charge >= 0.3 is 6.18 Å². The molecule has 22 heavy (non-hydrogen) atoms. The molecule has 0 amide bonds. The number of nitrogens with zero attached hydrogens (tertiary/aromatic N) is 1. The highest BCUT2D eigenvalue weighted by molar-refractivity contribution is 5.64. The minimum absolute atomic E-state index is 0.345. The maximum Gasteiger partial charge on any atom is 0.416 e. The molecule has 1 nitrogen and oxygen atoms in total. The molecule has 0 unspecified atom stereocenters. The summed E-state index contributed by atoms with van der Waals surface area (Å²) in [5, 5.41) is 0. The monoisotopic (exact) mass is 311 g/mol. The van der Waals surface area contributed by atoms with Crippen LogP contribution in [0.3, 0.4) is 0 Å². The van der Waals surface area contributed by atoms with Crippen LogP contribution in [0.2, 0.25) is 0 Å². The van der Waals surface area contributed by atoms with Gasteiger partial charge in [-0.3, -0.25) is 0 Å². The Morgan fingerprint density at radius 2 is 1.91 bits per heavy atom. The lowest BCUT2D eigenvalue weighted by atomic mass is 9.87. The zero-order valence-corrected chi connectivity index (χ0v) is 13.3. The van der Waals surface area contributed by atoms with Gasteiger partial charge in [-0.2, -0.15) is 13.2 Å². The molecule has 0 spiro atoms. The molecule has 122 valence electrons. The van der Waals surface area contributed by atoms with E-state index in [-0.39, 0.29) is 0 Å². The summed E-state index contributed by atoms with van der Waals surface area (Å²) < 4.78 is 40.1. The van der Waals surface area contributed by atoms with Crippen LogP contribution in [-0.4, -0.2) is 25.0 Å². The van der Waals surface area contributed by atoms with Gasteiger partial charge in [0.05, 0.1) is 5.56 Å². The van der Waals surface area contributed by atoms with Crippen molar-refractivity contribution in [1.29, 1.82) is 0 Å². The highest BCUT2D eigenvalue weighted by atomic mass is 19.4. The SMILES string of the molecule is C=C(CC)c1ccc(CC2CCN(C)CC2)c(C(F)(F)F)c1. The van der Waals surface area contributed by atoms with E-state index in [0.29, 0.717) is 29.9 Å². The number of piperidine rings is 1. The van der Waals surface area contributed by atoms with Crippen molar-refractivity contribution in [3.05, 3.63) is 41.5 Å². The Kier molecular flexibility index (Phi) is 5.32. The summed E-state index contributed by atoms with van der Waals surface area (Å²) >= 11 is 0. The molecular formula is C18H24F3N. The fraction of sp³-hybridized carbons (Fsp3) is 0.556. The Hall–Kier alpha value is -1.29. The van der Waals surface area contributed by atoms with Gasteiger partial charge in [0.25, 0.3) is 0 Å². The molecule has 4 heteroatoms. The van der Waals surface area contributed by atoms with E-state index in [1.165, 1.54) is 6.07 Å². The normalized spacial score (nSPS) is 17.7. The molecule has 0 aromatic heterocycles. The third-order valence-corrected chi connectivity index (χ3v) is 4.60. The van der Waals surface area contributed by atoms with Crippen LogP contribution in [0.25, 0.3) is 5.57 Å². The van der Waals surface area contributed by atoms with E-state index < -0.39 is 11.7 Å². The second-order valence-corrected chi connectivity index (χ2v) is 6.28. The van der Waals surface area contributed by atoms with E-state index in [1.807, 2.05) is 6.92 Å². The molecule has 1 aliphatic rings. The van der Waals surface area contributed by atoms with Crippen LogP contribution in [0, 0.1) is 5.92 Å². The van der Waals surface area contributed by atoms with Gasteiger partial charge in [0, 0.05) is 0 Å². The van der Waals surface area contributed by atoms with Gasteiger partial charge in [0.2, 0.25) is 0 Å². The van der Waals surface area contributed by atoms with E-state index in [4.69, 9.17) is 0 Å². The first-order valence-electron chi connectivity index (χ1n) is 7.88. The molecule has 1 heterocycles. The Bertz CT molecular complexity index is 526. The highest BCUT2D eigenvalue weighted by Gasteiger charge is 2.34. The molecule has 1 aliphatic heterocycles. The van der Waals surface area contributed by atoms with E-state index in [9.17, 15) is 13.2 Å². The minimum Gasteiger partial charge on any atom is -0.306 e. The molecule has 0 radical (unpaired) electrons. The van der Waals surface area contributed by atoms with Crippen molar-refractivity contribution in [3.63, 3.8) is 0 Å². The Morgan fingerprint density at radius 3 is 2.45 bits per heavy atom. The molecule has 0 aliphatic carbocycles. The van der Waals surface area contributed by atoms with E-state index in [0.717, 1.165) is 31.5 Å². The molecule has 1 aromatic rings. The van der Waals surface area contributed by atoms with Crippen molar-refractivity contribution in [2.45, 2.75) is 38.8 Å². The number of alkyl halides is 3. The predicted octanol–water partition coefficient (Wildman–Crippen LogP) is 5.01. The smallest absolute Gasteiger partial charge is 0.306 e. The largest absolute Gasteiger partial charge is 0.416 e. The van der Waals surface area contributed by atoms with Crippen molar-refractivity contribution in [2.75, 3.05) is 20.1 Å². The molecule has 2 rings (SSSR count). The van der Waals surface area contributed by atoms with Crippen LogP contribution in [0.15, 0.2) is 24.8 Å². The van der Waals surface area contributed by atoms with Crippen LogP contribution in [0.1, 0.15) is 42.9 Å². The Balaban J connectivity index is 2.24. The van der Waals surface area contributed by atoms with Crippen molar-refractivity contribution in [1.82, 2.24) is 4.90 Å². The van der Waals surface area contributed by atoms with Crippen LogP contribution in [0.4, 0.5) is 13.2 Å². The zero-order chi connectivity index (χ0) is 16.3. The fourth-order valence-electron chi connectivity index (χ4n) is 3.02. The molecule has 0 saturated carbocycles. The average Bonchev–Trinajstić information content (AvgIpc) is 2.48. The molecule has 1 saturated heterocycles. The molecule has 0 N–H and O–H groups in total. The first-order chi connectivity index (χ1) is 10.3. The third-order valence-electron chi connectivity index (χ3n) is 4.60. The predicted molar refractivity (Wildman–Crippen MR) is 84.7 cm³/mol. The standard InChI is InChI=1S/C18H24F3N/c1-4-13(2)15-5-6-16(17(12-15)18(19,20)21)11-14-7-9-22(3)10-8-14/h5-6,12,14H,2,4,7-11H2,1,3H3. The van der Waals surface area contributed by atoms with Gasteiger partial charge in [-0.1, -0.05) is 25.6 Å². The second kappa shape index (κ2) is 6.86. The molecule has 1 aromatic carbocycles. The third kappa shape index (κ3) is 4.13. The number of rotatable bonds is 4. The number of benzene rings is 1. The van der Waals surface area contributed by atoms with Crippen LogP contribution in [0.5, 0.6) is 0 Å². The van der Waals surface area contributed by atoms with E-state index >= 15 is 0 Å². The average molecular weight is 311 g/mol. The lowest BCUT2D eigenvalue weighted by Gasteiger charge is -2.29. The van der Waals surface area contributed by atoms with Crippen molar-refractivity contribution < 1.29 is 13.2 Å². The van der Waals surface area contributed by atoms with Gasteiger partial charge in [-0.15, -0.1) is 0 Å². The Morgan fingerprint density at radius 1 is 1.27 bits per heavy atom. The lowest BCUT2D eigenvalue weighted by Crippen LogP contribution is -2.31. The highest BCUT2D eigenvalue weighted by Crippen LogP contribution is 2.36. The van der Waals surface area contributed by atoms with Gasteiger partial charge in [-0.25, -0.2) is 0 Å². The first kappa shape index (κ1) is 17.1. The summed E-state index contributed by atoms with van der Waals surface area (Å²) in [6, 6.07) is 4.71. The first-order valence-corrected chi connectivity index (χ1v) is 7.88. The summed E-state index contributed by atoms with van der Waals surface area (Å²) in [4.78, 5) is 2.23. The summed E-state index contributed by atoms with van der Waals surface area (Å²) in [5.74, 6) is 0.345. The maximum absolute atomic E-state index is 13.4. The number of likely N-dealkylation sites (tertiary alicyclic amines) is 1. The summed E-state index contributed by atoms with van der Waals surface area (Å²) in [6.45, 7) is 7.69. The molecular weight excluding hydrogens is 287 g/mol. The summed E-state index contributed by atoms with van der Waals surface area (Å²) in [6.07, 6.45) is -1.19. The molecule has 0 atom stereocenters. The van der Waals surface area contributed by atoms with E-state index in [2.05, 4.69) is 18.5 Å². The van der Waals surface area contributed by atoms with Gasteiger partial charge in [0.1, 0.15) is 0 Å². The number of hydrogen-bond donors (Lipinski definition) is 0. The van der Waals surface area contributed by atoms with Gasteiger partial charge in [0.15, 0.2) is 0 Å². The topological polar surface area (TPSA) is 3.24 Å². The van der Waals surface area contributed by atoms with Crippen molar-refractivity contribution in [3.8, 4) is 0 Å². The lowest BCUT2D eigenvalue weighted by molar-refractivity contribution is -0.138. The molecule has 0 bridgehead atoms. The van der Waals surface area contributed by atoms with Gasteiger partial charge in [-0.05, 0) is 74.5 Å². The maximum atomic E-state index is 13.4. The number of halogens is 3. The molecule has 1 fully saturated rings. The van der Waals surface area contributed by atoms with Crippen molar-refractivity contribution in [2.24, 2.45) is 5.92 Å². The van der Waals surface area contributed by atoms with Crippen molar-refractivity contribution >= 4 is 5.57 Å². The van der Waals surface area contributed by atoms with Crippen LogP contribution in [-0.2, 0) is 12.6 Å². The van der Waals surface area contributed by atoms with Crippen LogP contribution < -0.4 is 0 Å². The zero-order valence-electron chi connectivity index (χ0n) is 13.3. The fourth-order valence-corrected chi connectivity index (χ4v) is 3.02. The summed E-state index contributed by atoms with van der Waals surface area (Å²) in [5.41, 5.74) is 1.28. The minimum atomic E-state index is -4.30. The van der Waals surface area contributed by atoms with Gasteiger partial charge < -0.3 is 4.90 Å². The summed E-state index contributed by atoms with van der Waals surface area (Å²) in [7, 11) is 2.06. The van der Waals surface area contributed by atoms with E-state index in [1.54, 1.807) is 12.1 Å². The quantitative estimate of drug-likeness (QED) is 0.755.